The lowest BCUT2D eigenvalue weighted by molar-refractivity contribution is -0.138. The fourth-order valence-electron chi connectivity index (χ4n) is 2.33. The van der Waals surface area contributed by atoms with Crippen LogP contribution in [0.3, 0.4) is 0 Å². The molecular formula is C16H14N2O2S. The van der Waals surface area contributed by atoms with E-state index in [9.17, 15) is 4.79 Å². The molecule has 0 unspecified atom stereocenters. The Balaban J connectivity index is 2.03. The third kappa shape index (κ3) is 2.79. The van der Waals surface area contributed by atoms with Gasteiger partial charge >= 0.3 is 5.97 Å². The normalized spacial score (nSPS) is 12.4. The third-order valence-corrected chi connectivity index (χ3v) is 4.23. The lowest BCUT2D eigenvalue weighted by atomic mass is 9.95. The monoisotopic (exact) mass is 298 g/mol. The average molecular weight is 298 g/mol. The Morgan fingerprint density at radius 2 is 2.10 bits per heavy atom. The summed E-state index contributed by atoms with van der Waals surface area (Å²) >= 11 is 1.60. The molecule has 3 aromatic rings. The first kappa shape index (κ1) is 13.7. The summed E-state index contributed by atoms with van der Waals surface area (Å²) in [7, 11) is 0. The highest BCUT2D eigenvalue weighted by Gasteiger charge is 2.15. The zero-order valence-corrected chi connectivity index (χ0v) is 12.0. The molecule has 0 saturated heterocycles. The SMILES string of the molecule is N[C@@H](Cc1ccccc1-c1ccc2scnc2c1)C(=O)O. The predicted octanol–water partition coefficient (Wildman–Crippen LogP) is 2.92. The Morgan fingerprint density at radius 1 is 1.29 bits per heavy atom. The first-order chi connectivity index (χ1) is 10.1. The van der Waals surface area contributed by atoms with Crippen molar-refractivity contribution in [1.29, 1.82) is 0 Å². The van der Waals surface area contributed by atoms with E-state index >= 15 is 0 Å². The van der Waals surface area contributed by atoms with Crippen molar-refractivity contribution >= 4 is 27.5 Å². The zero-order chi connectivity index (χ0) is 14.8. The van der Waals surface area contributed by atoms with Crippen molar-refractivity contribution in [2.24, 2.45) is 5.73 Å². The van der Waals surface area contributed by atoms with E-state index < -0.39 is 12.0 Å². The first-order valence-corrected chi connectivity index (χ1v) is 7.43. The smallest absolute Gasteiger partial charge is 0.320 e. The van der Waals surface area contributed by atoms with Crippen LogP contribution in [-0.4, -0.2) is 22.1 Å². The Bertz CT molecular complexity index is 798. The summed E-state index contributed by atoms with van der Waals surface area (Å²) in [5.41, 5.74) is 11.4. The maximum absolute atomic E-state index is 11.0. The number of hydrogen-bond donors (Lipinski definition) is 2. The third-order valence-electron chi connectivity index (χ3n) is 3.42. The molecule has 0 fully saturated rings. The molecule has 0 spiro atoms. The van der Waals surface area contributed by atoms with Crippen LogP contribution in [0, 0.1) is 0 Å². The second-order valence-electron chi connectivity index (χ2n) is 4.84. The van der Waals surface area contributed by atoms with Crippen LogP contribution in [0.15, 0.2) is 48.0 Å². The molecule has 0 aliphatic carbocycles. The van der Waals surface area contributed by atoms with Crippen molar-refractivity contribution < 1.29 is 9.90 Å². The number of thiazole rings is 1. The van der Waals surface area contributed by atoms with Gasteiger partial charge in [0.15, 0.2) is 0 Å². The molecule has 0 amide bonds. The maximum Gasteiger partial charge on any atom is 0.320 e. The van der Waals surface area contributed by atoms with Gasteiger partial charge in [-0.2, -0.15) is 0 Å². The van der Waals surface area contributed by atoms with Gasteiger partial charge in [-0.25, -0.2) is 4.98 Å². The minimum atomic E-state index is -0.986. The number of carbonyl (C=O) groups is 1. The number of nitrogens with two attached hydrogens (primary N) is 1. The van der Waals surface area contributed by atoms with Crippen molar-refractivity contribution in [3.63, 3.8) is 0 Å². The molecule has 1 atom stereocenters. The molecule has 21 heavy (non-hydrogen) atoms. The topological polar surface area (TPSA) is 76.2 Å². The number of hydrogen-bond acceptors (Lipinski definition) is 4. The average Bonchev–Trinajstić information content (AvgIpc) is 2.95. The number of benzene rings is 2. The highest BCUT2D eigenvalue weighted by Crippen LogP contribution is 2.28. The molecule has 2 aromatic carbocycles. The Hall–Kier alpha value is -2.24. The van der Waals surface area contributed by atoms with E-state index in [1.807, 2.05) is 48.0 Å². The molecule has 0 saturated carbocycles. The van der Waals surface area contributed by atoms with Gasteiger partial charge < -0.3 is 10.8 Å². The van der Waals surface area contributed by atoms with Gasteiger partial charge in [-0.3, -0.25) is 4.79 Å². The minimum Gasteiger partial charge on any atom is -0.480 e. The van der Waals surface area contributed by atoms with E-state index in [0.717, 1.165) is 26.9 Å². The minimum absolute atomic E-state index is 0.306. The van der Waals surface area contributed by atoms with Crippen LogP contribution in [-0.2, 0) is 11.2 Å². The predicted molar refractivity (Wildman–Crippen MR) is 84.4 cm³/mol. The van der Waals surface area contributed by atoms with Crippen molar-refractivity contribution in [3.8, 4) is 11.1 Å². The number of carboxylic acids is 1. The fraction of sp³-hybridized carbons (Fsp3) is 0.125. The Morgan fingerprint density at radius 3 is 2.90 bits per heavy atom. The van der Waals surface area contributed by atoms with Crippen LogP contribution in [0.25, 0.3) is 21.3 Å². The lowest BCUT2D eigenvalue weighted by Crippen LogP contribution is -2.32. The molecule has 0 aliphatic heterocycles. The van der Waals surface area contributed by atoms with E-state index in [4.69, 9.17) is 10.8 Å². The maximum atomic E-state index is 11.0. The lowest BCUT2D eigenvalue weighted by Gasteiger charge is -2.12. The Kier molecular flexibility index (Phi) is 3.68. The zero-order valence-electron chi connectivity index (χ0n) is 11.2. The molecule has 3 rings (SSSR count). The Labute approximate surface area is 125 Å². The van der Waals surface area contributed by atoms with E-state index in [-0.39, 0.29) is 0 Å². The van der Waals surface area contributed by atoms with Crippen LogP contribution in [0.4, 0.5) is 0 Å². The fourth-order valence-corrected chi connectivity index (χ4v) is 2.99. The van der Waals surface area contributed by atoms with Crippen molar-refractivity contribution in [2.45, 2.75) is 12.5 Å². The van der Waals surface area contributed by atoms with Gasteiger partial charge in [0.05, 0.1) is 15.7 Å². The molecule has 0 radical (unpaired) electrons. The first-order valence-electron chi connectivity index (χ1n) is 6.55. The number of carboxylic acid groups (broad SMARTS) is 1. The van der Waals surface area contributed by atoms with Gasteiger partial charge in [0.2, 0.25) is 0 Å². The van der Waals surface area contributed by atoms with Crippen LogP contribution < -0.4 is 5.73 Å². The number of fused-ring (bicyclic) bond motifs is 1. The van der Waals surface area contributed by atoms with Crippen molar-refractivity contribution in [1.82, 2.24) is 4.98 Å². The number of aliphatic carboxylic acids is 1. The van der Waals surface area contributed by atoms with Gasteiger partial charge in [0.1, 0.15) is 6.04 Å². The quantitative estimate of drug-likeness (QED) is 0.776. The molecule has 1 heterocycles. The van der Waals surface area contributed by atoms with Gasteiger partial charge in [-0.05, 0) is 35.2 Å². The summed E-state index contributed by atoms with van der Waals surface area (Å²) in [6.45, 7) is 0. The van der Waals surface area contributed by atoms with Gasteiger partial charge in [0.25, 0.3) is 0 Å². The number of rotatable bonds is 4. The van der Waals surface area contributed by atoms with Gasteiger partial charge in [0, 0.05) is 0 Å². The number of nitrogens with zero attached hydrogens (tertiary/aromatic N) is 1. The summed E-state index contributed by atoms with van der Waals surface area (Å²) in [5.74, 6) is -0.986. The largest absolute Gasteiger partial charge is 0.480 e. The van der Waals surface area contributed by atoms with E-state index in [0.29, 0.717) is 6.42 Å². The molecule has 3 N–H and O–H groups in total. The summed E-state index contributed by atoms with van der Waals surface area (Å²) < 4.78 is 1.14. The summed E-state index contributed by atoms with van der Waals surface area (Å²) in [6, 6.07) is 12.9. The summed E-state index contributed by atoms with van der Waals surface area (Å²) in [5, 5.41) is 8.98. The molecule has 106 valence electrons. The highest BCUT2D eigenvalue weighted by molar-refractivity contribution is 7.16. The van der Waals surface area contributed by atoms with Crippen molar-refractivity contribution in [3.05, 3.63) is 53.5 Å². The molecule has 4 nitrogen and oxygen atoms in total. The van der Waals surface area contributed by atoms with Crippen LogP contribution in [0.2, 0.25) is 0 Å². The van der Waals surface area contributed by atoms with E-state index in [2.05, 4.69) is 4.98 Å². The molecule has 0 aliphatic rings. The van der Waals surface area contributed by atoms with Gasteiger partial charge in [-0.1, -0.05) is 30.3 Å². The number of aromatic nitrogens is 1. The second kappa shape index (κ2) is 5.63. The van der Waals surface area contributed by atoms with Crippen molar-refractivity contribution in [2.75, 3.05) is 0 Å². The van der Waals surface area contributed by atoms with Gasteiger partial charge in [-0.15, -0.1) is 11.3 Å². The molecule has 0 bridgehead atoms. The summed E-state index contributed by atoms with van der Waals surface area (Å²) in [6.07, 6.45) is 0.306. The second-order valence-corrected chi connectivity index (χ2v) is 5.73. The molecular weight excluding hydrogens is 284 g/mol. The summed E-state index contributed by atoms with van der Waals surface area (Å²) in [4.78, 5) is 15.3. The van der Waals surface area contributed by atoms with Crippen LogP contribution in [0.5, 0.6) is 0 Å². The van der Waals surface area contributed by atoms with Crippen LogP contribution >= 0.6 is 11.3 Å². The van der Waals surface area contributed by atoms with E-state index in [1.165, 1.54) is 0 Å². The van der Waals surface area contributed by atoms with Crippen LogP contribution in [0.1, 0.15) is 5.56 Å². The standard InChI is InChI=1S/C16H14N2O2S/c17-13(16(19)20)7-10-3-1-2-4-12(10)11-5-6-15-14(8-11)18-9-21-15/h1-6,8-9,13H,7,17H2,(H,19,20)/t13-/m0/s1. The molecule has 5 heteroatoms. The van der Waals surface area contributed by atoms with E-state index in [1.54, 1.807) is 11.3 Å². The molecule has 1 aromatic heterocycles. The highest BCUT2D eigenvalue weighted by atomic mass is 32.1.